The quantitative estimate of drug-likeness (QED) is 0.748. The molecule has 1 saturated carbocycles. The Hall–Kier alpha value is -0.820. The molecule has 118 valence electrons. The van der Waals surface area contributed by atoms with Gasteiger partial charge >= 0.3 is 0 Å². The van der Waals surface area contributed by atoms with E-state index in [0.29, 0.717) is 23.2 Å². The zero-order chi connectivity index (χ0) is 15.8. The fourth-order valence-electron chi connectivity index (χ4n) is 3.99. The zero-order valence-electron chi connectivity index (χ0n) is 14.7. The van der Waals surface area contributed by atoms with Crippen molar-refractivity contribution in [3.05, 3.63) is 34.9 Å². The number of nitrogens with two attached hydrogens (primary N) is 1. The SMILES string of the molecule is CC(C)c1ccc(C(N)C2CCCC2(C)C)c(C(C)C)c1. The van der Waals surface area contributed by atoms with E-state index in [-0.39, 0.29) is 6.04 Å². The van der Waals surface area contributed by atoms with Gasteiger partial charge in [0.25, 0.3) is 0 Å². The van der Waals surface area contributed by atoms with Crippen molar-refractivity contribution < 1.29 is 0 Å². The molecule has 21 heavy (non-hydrogen) atoms. The minimum Gasteiger partial charge on any atom is -0.324 e. The second-order valence-corrected chi connectivity index (χ2v) is 8.21. The summed E-state index contributed by atoms with van der Waals surface area (Å²) in [6.45, 7) is 13.9. The molecule has 1 aromatic rings. The van der Waals surface area contributed by atoms with Crippen LogP contribution in [0.2, 0.25) is 0 Å². The average molecular weight is 287 g/mol. The van der Waals surface area contributed by atoms with Gasteiger partial charge in [-0.2, -0.15) is 0 Å². The first-order valence-corrected chi connectivity index (χ1v) is 8.63. The molecule has 2 N–H and O–H groups in total. The normalized spacial score (nSPS) is 23.0. The van der Waals surface area contributed by atoms with Crippen LogP contribution in [-0.2, 0) is 0 Å². The highest BCUT2D eigenvalue weighted by Crippen LogP contribution is 2.48. The van der Waals surface area contributed by atoms with Gasteiger partial charge in [-0.05, 0) is 52.7 Å². The molecule has 1 aliphatic carbocycles. The molecule has 0 saturated heterocycles. The van der Waals surface area contributed by atoms with Crippen LogP contribution in [0.1, 0.15) is 95.4 Å². The van der Waals surface area contributed by atoms with Gasteiger partial charge in [0.15, 0.2) is 0 Å². The first-order valence-electron chi connectivity index (χ1n) is 8.63. The van der Waals surface area contributed by atoms with Crippen molar-refractivity contribution >= 4 is 0 Å². The van der Waals surface area contributed by atoms with Crippen LogP contribution in [0.15, 0.2) is 18.2 Å². The Morgan fingerprint density at radius 1 is 1.05 bits per heavy atom. The molecular formula is C20H33N. The molecule has 0 aliphatic heterocycles. The first-order chi connectivity index (χ1) is 9.74. The molecule has 0 heterocycles. The maximum Gasteiger partial charge on any atom is 0.0331 e. The van der Waals surface area contributed by atoms with Crippen molar-refractivity contribution in [2.75, 3.05) is 0 Å². The summed E-state index contributed by atoms with van der Waals surface area (Å²) < 4.78 is 0. The van der Waals surface area contributed by atoms with E-state index >= 15 is 0 Å². The lowest BCUT2D eigenvalue weighted by atomic mass is 9.74. The van der Waals surface area contributed by atoms with Gasteiger partial charge < -0.3 is 5.73 Å². The van der Waals surface area contributed by atoms with Gasteiger partial charge in [0, 0.05) is 6.04 Å². The van der Waals surface area contributed by atoms with Gasteiger partial charge in [-0.1, -0.05) is 66.2 Å². The number of rotatable bonds is 4. The van der Waals surface area contributed by atoms with E-state index in [1.165, 1.54) is 36.0 Å². The molecule has 1 aromatic carbocycles. The lowest BCUT2D eigenvalue weighted by Gasteiger charge is -2.34. The summed E-state index contributed by atoms with van der Waals surface area (Å²) in [5, 5.41) is 0. The highest BCUT2D eigenvalue weighted by molar-refractivity contribution is 5.38. The highest BCUT2D eigenvalue weighted by atomic mass is 14.7. The highest BCUT2D eigenvalue weighted by Gasteiger charge is 2.39. The third-order valence-corrected chi connectivity index (χ3v) is 5.53. The molecule has 0 amide bonds. The number of hydrogen-bond acceptors (Lipinski definition) is 1. The van der Waals surface area contributed by atoms with Crippen molar-refractivity contribution in [3.8, 4) is 0 Å². The van der Waals surface area contributed by atoms with Gasteiger partial charge in [-0.15, -0.1) is 0 Å². The van der Waals surface area contributed by atoms with Crippen LogP contribution < -0.4 is 5.73 Å². The Morgan fingerprint density at radius 3 is 2.19 bits per heavy atom. The van der Waals surface area contributed by atoms with E-state index < -0.39 is 0 Å². The minimum atomic E-state index is 0.182. The molecule has 0 spiro atoms. The Labute approximate surface area is 131 Å². The molecule has 1 fully saturated rings. The fraction of sp³-hybridized carbons (Fsp3) is 0.700. The molecule has 2 atom stereocenters. The van der Waals surface area contributed by atoms with Crippen molar-refractivity contribution in [2.24, 2.45) is 17.1 Å². The Kier molecular flexibility index (Phi) is 4.82. The molecule has 1 nitrogen and oxygen atoms in total. The maximum absolute atomic E-state index is 6.74. The monoisotopic (exact) mass is 287 g/mol. The second-order valence-electron chi connectivity index (χ2n) is 8.21. The molecule has 0 aromatic heterocycles. The van der Waals surface area contributed by atoms with Gasteiger partial charge in [-0.25, -0.2) is 0 Å². The third-order valence-electron chi connectivity index (χ3n) is 5.53. The lowest BCUT2D eigenvalue weighted by molar-refractivity contribution is 0.221. The van der Waals surface area contributed by atoms with Gasteiger partial charge in [-0.3, -0.25) is 0 Å². The van der Waals surface area contributed by atoms with Crippen LogP contribution in [-0.4, -0.2) is 0 Å². The van der Waals surface area contributed by atoms with Crippen LogP contribution in [0.25, 0.3) is 0 Å². The lowest BCUT2D eigenvalue weighted by Crippen LogP contribution is -2.30. The zero-order valence-corrected chi connectivity index (χ0v) is 14.7. The Morgan fingerprint density at radius 2 is 1.71 bits per heavy atom. The van der Waals surface area contributed by atoms with E-state index in [2.05, 4.69) is 59.7 Å². The van der Waals surface area contributed by atoms with Crippen LogP contribution in [0.4, 0.5) is 0 Å². The smallest absolute Gasteiger partial charge is 0.0331 e. The van der Waals surface area contributed by atoms with Crippen LogP contribution in [0.3, 0.4) is 0 Å². The number of hydrogen-bond donors (Lipinski definition) is 1. The summed E-state index contributed by atoms with van der Waals surface area (Å²) in [4.78, 5) is 0. The van der Waals surface area contributed by atoms with Crippen LogP contribution in [0, 0.1) is 11.3 Å². The Bertz CT molecular complexity index is 485. The molecular weight excluding hydrogens is 254 g/mol. The van der Waals surface area contributed by atoms with Crippen molar-refractivity contribution in [2.45, 2.75) is 78.7 Å². The standard InChI is InChI=1S/C20H33N/c1-13(2)15-9-10-16(17(12-15)14(3)4)19(21)18-8-7-11-20(18,5)6/h9-10,12-14,18-19H,7-8,11,21H2,1-6H3. The summed E-state index contributed by atoms with van der Waals surface area (Å²) in [7, 11) is 0. The summed E-state index contributed by atoms with van der Waals surface area (Å²) in [5.74, 6) is 1.73. The van der Waals surface area contributed by atoms with E-state index in [0.717, 1.165) is 0 Å². The van der Waals surface area contributed by atoms with E-state index in [1.807, 2.05) is 0 Å². The molecule has 2 rings (SSSR count). The van der Waals surface area contributed by atoms with E-state index in [9.17, 15) is 0 Å². The number of benzene rings is 1. The topological polar surface area (TPSA) is 26.0 Å². The van der Waals surface area contributed by atoms with Crippen molar-refractivity contribution in [1.82, 2.24) is 0 Å². The maximum atomic E-state index is 6.74. The van der Waals surface area contributed by atoms with Crippen molar-refractivity contribution in [3.63, 3.8) is 0 Å². The van der Waals surface area contributed by atoms with E-state index in [1.54, 1.807) is 0 Å². The average Bonchev–Trinajstić information content (AvgIpc) is 2.76. The predicted molar refractivity (Wildman–Crippen MR) is 92.7 cm³/mol. The minimum absolute atomic E-state index is 0.182. The first kappa shape index (κ1) is 16.5. The Balaban J connectivity index is 2.38. The third kappa shape index (κ3) is 3.34. The van der Waals surface area contributed by atoms with Gasteiger partial charge in [0.05, 0.1) is 0 Å². The summed E-state index contributed by atoms with van der Waals surface area (Å²) in [5.41, 5.74) is 11.4. The fourth-order valence-corrected chi connectivity index (χ4v) is 3.99. The molecule has 1 heteroatoms. The van der Waals surface area contributed by atoms with Crippen molar-refractivity contribution in [1.29, 1.82) is 0 Å². The summed E-state index contributed by atoms with van der Waals surface area (Å²) in [6, 6.07) is 7.17. The van der Waals surface area contributed by atoms with Crippen LogP contribution >= 0.6 is 0 Å². The van der Waals surface area contributed by atoms with E-state index in [4.69, 9.17) is 5.73 Å². The molecule has 0 radical (unpaired) electrons. The summed E-state index contributed by atoms with van der Waals surface area (Å²) in [6.07, 6.45) is 3.91. The molecule has 0 bridgehead atoms. The second kappa shape index (κ2) is 6.12. The largest absolute Gasteiger partial charge is 0.324 e. The van der Waals surface area contributed by atoms with Gasteiger partial charge in [0.2, 0.25) is 0 Å². The van der Waals surface area contributed by atoms with Crippen LogP contribution in [0.5, 0.6) is 0 Å². The predicted octanol–water partition coefficient (Wildman–Crippen LogP) is 5.76. The van der Waals surface area contributed by atoms with Gasteiger partial charge in [0.1, 0.15) is 0 Å². The summed E-state index contributed by atoms with van der Waals surface area (Å²) >= 11 is 0. The molecule has 2 unspecified atom stereocenters. The molecule has 1 aliphatic rings.